The van der Waals surface area contributed by atoms with E-state index in [1.807, 2.05) is 72.8 Å². The molecule has 0 aromatic heterocycles. The number of phenolic OH excluding ortho intramolecular Hbond substituents is 1. The number of benzene rings is 4. The van der Waals surface area contributed by atoms with Gasteiger partial charge in [0.25, 0.3) is 5.91 Å². The number of carbonyl (C=O) groups is 1. The van der Waals surface area contributed by atoms with Gasteiger partial charge in [-0.25, -0.2) is 5.43 Å². The SMILES string of the molecule is O=C(N/N=C\c1ccc(OCc2ccc(Cl)cc2)cc1)c1cc2ccccc2cc1O. The van der Waals surface area contributed by atoms with Crippen molar-refractivity contribution in [3.63, 3.8) is 0 Å². The second-order valence-corrected chi connectivity index (χ2v) is 7.34. The number of fused-ring (bicyclic) bond motifs is 1. The van der Waals surface area contributed by atoms with Crippen molar-refractivity contribution in [2.75, 3.05) is 0 Å². The number of phenols is 1. The van der Waals surface area contributed by atoms with Crippen LogP contribution in [0.3, 0.4) is 0 Å². The lowest BCUT2D eigenvalue weighted by Crippen LogP contribution is -2.17. The van der Waals surface area contributed by atoms with Crippen molar-refractivity contribution >= 4 is 34.5 Å². The van der Waals surface area contributed by atoms with E-state index in [4.69, 9.17) is 16.3 Å². The van der Waals surface area contributed by atoms with Gasteiger partial charge in [-0.2, -0.15) is 5.10 Å². The molecule has 0 atom stereocenters. The third kappa shape index (κ3) is 5.21. The molecular weight excluding hydrogens is 412 g/mol. The number of nitrogens with one attached hydrogen (secondary N) is 1. The lowest BCUT2D eigenvalue weighted by molar-refractivity contribution is 0.0952. The van der Waals surface area contributed by atoms with Gasteiger partial charge in [0.1, 0.15) is 18.1 Å². The third-order valence-corrected chi connectivity index (χ3v) is 4.94. The molecule has 0 bridgehead atoms. The Bertz CT molecular complexity index is 1240. The number of hydrazone groups is 1. The minimum Gasteiger partial charge on any atom is -0.507 e. The topological polar surface area (TPSA) is 70.9 Å². The molecule has 0 aliphatic carbocycles. The largest absolute Gasteiger partial charge is 0.507 e. The fourth-order valence-electron chi connectivity index (χ4n) is 3.03. The zero-order chi connectivity index (χ0) is 21.6. The van der Waals surface area contributed by atoms with Gasteiger partial charge in [0.15, 0.2) is 0 Å². The normalized spacial score (nSPS) is 11.0. The van der Waals surface area contributed by atoms with Crippen LogP contribution in [0.15, 0.2) is 90.0 Å². The first kappa shape index (κ1) is 20.4. The summed E-state index contributed by atoms with van der Waals surface area (Å²) >= 11 is 5.88. The smallest absolute Gasteiger partial charge is 0.275 e. The van der Waals surface area contributed by atoms with Crippen LogP contribution in [0, 0.1) is 0 Å². The zero-order valence-electron chi connectivity index (χ0n) is 16.5. The van der Waals surface area contributed by atoms with Gasteiger partial charge in [-0.15, -0.1) is 0 Å². The number of nitrogens with zero attached hydrogens (tertiary/aromatic N) is 1. The van der Waals surface area contributed by atoms with Crippen molar-refractivity contribution < 1.29 is 14.6 Å². The summed E-state index contributed by atoms with van der Waals surface area (Å²) in [6, 6.07) is 25.5. The molecule has 4 aromatic carbocycles. The van der Waals surface area contributed by atoms with Crippen LogP contribution < -0.4 is 10.2 Å². The molecule has 0 heterocycles. The highest BCUT2D eigenvalue weighted by molar-refractivity contribution is 6.30. The van der Waals surface area contributed by atoms with E-state index < -0.39 is 5.91 Å². The Morgan fingerprint density at radius 2 is 1.65 bits per heavy atom. The summed E-state index contributed by atoms with van der Waals surface area (Å²) in [5.74, 6) is 0.147. The molecule has 1 amide bonds. The number of hydrogen-bond acceptors (Lipinski definition) is 4. The van der Waals surface area contributed by atoms with Crippen LogP contribution in [0.4, 0.5) is 0 Å². The molecule has 0 spiro atoms. The Morgan fingerprint density at radius 3 is 2.35 bits per heavy atom. The van der Waals surface area contributed by atoms with E-state index in [-0.39, 0.29) is 11.3 Å². The fourth-order valence-corrected chi connectivity index (χ4v) is 3.16. The van der Waals surface area contributed by atoms with E-state index in [0.29, 0.717) is 11.6 Å². The number of rotatable bonds is 6. The monoisotopic (exact) mass is 430 g/mol. The lowest BCUT2D eigenvalue weighted by atomic mass is 10.1. The van der Waals surface area contributed by atoms with Crippen LogP contribution in [0.1, 0.15) is 21.5 Å². The van der Waals surface area contributed by atoms with E-state index in [9.17, 15) is 9.90 Å². The molecule has 4 rings (SSSR count). The molecule has 2 N–H and O–H groups in total. The molecule has 0 fully saturated rings. The highest BCUT2D eigenvalue weighted by Gasteiger charge is 2.11. The summed E-state index contributed by atoms with van der Waals surface area (Å²) in [6.07, 6.45) is 1.53. The lowest BCUT2D eigenvalue weighted by Gasteiger charge is -2.07. The van der Waals surface area contributed by atoms with Crippen LogP contribution in [0.25, 0.3) is 10.8 Å². The molecule has 0 aliphatic heterocycles. The van der Waals surface area contributed by atoms with Crippen LogP contribution in [0.2, 0.25) is 5.02 Å². The number of hydrogen-bond donors (Lipinski definition) is 2. The molecule has 0 saturated heterocycles. The summed E-state index contributed by atoms with van der Waals surface area (Å²) in [5, 5.41) is 16.5. The van der Waals surface area contributed by atoms with Gasteiger partial charge in [0.05, 0.1) is 11.8 Å². The maximum absolute atomic E-state index is 12.4. The predicted molar refractivity (Wildman–Crippen MR) is 123 cm³/mol. The van der Waals surface area contributed by atoms with E-state index in [1.165, 1.54) is 6.21 Å². The van der Waals surface area contributed by atoms with Gasteiger partial charge in [-0.05, 0) is 70.4 Å². The van der Waals surface area contributed by atoms with Crippen molar-refractivity contribution in [3.8, 4) is 11.5 Å². The van der Waals surface area contributed by atoms with E-state index in [1.54, 1.807) is 12.1 Å². The molecule has 4 aromatic rings. The summed E-state index contributed by atoms with van der Waals surface area (Å²) in [4.78, 5) is 12.4. The maximum atomic E-state index is 12.4. The van der Waals surface area contributed by atoms with Crippen LogP contribution >= 0.6 is 11.6 Å². The van der Waals surface area contributed by atoms with Gasteiger partial charge >= 0.3 is 0 Å². The van der Waals surface area contributed by atoms with Crippen molar-refractivity contribution in [1.29, 1.82) is 0 Å². The number of halogens is 1. The average molecular weight is 431 g/mol. The standard InChI is InChI=1S/C25H19ClN2O3/c26-21-9-5-18(6-10-21)16-31-22-11-7-17(8-12-22)15-27-28-25(30)23-13-19-3-1-2-4-20(19)14-24(23)29/h1-15,29H,16H2,(H,28,30)/b27-15-. The molecular formula is C25H19ClN2O3. The van der Waals surface area contributed by atoms with Gasteiger partial charge in [0, 0.05) is 5.02 Å². The Balaban J connectivity index is 1.35. The second-order valence-electron chi connectivity index (χ2n) is 6.90. The minimum absolute atomic E-state index is 0.0893. The second kappa shape index (κ2) is 9.32. The molecule has 6 heteroatoms. The van der Waals surface area contributed by atoms with Gasteiger partial charge in [0.2, 0.25) is 0 Å². The van der Waals surface area contributed by atoms with Gasteiger partial charge < -0.3 is 9.84 Å². The van der Waals surface area contributed by atoms with E-state index in [2.05, 4.69) is 10.5 Å². The quantitative estimate of drug-likeness (QED) is 0.311. The molecule has 0 saturated carbocycles. The van der Waals surface area contributed by atoms with E-state index >= 15 is 0 Å². The highest BCUT2D eigenvalue weighted by Crippen LogP contribution is 2.24. The summed E-state index contributed by atoms with van der Waals surface area (Å²) in [6.45, 7) is 0.440. The zero-order valence-corrected chi connectivity index (χ0v) is 17.2. The predicted octanol–water partition coefficient (Wildman–Crippen LogP) is 5.54. The van der Waals surface area contributed by atoms with Gasteiger partial charge in [-0.1, -0.05) is 48.0 Å². The van der Waals surface area contributed by atoms with Crippen LogP contribution in [-0.4, -0.2) is 17.2 Å². The Hall–Kier alpha value is -3.83. The first-order valence-electron chi connectivity index (χ1n) is 9.61. The summed E-state index contributed by atoms with van der Waals surface area (Å²) in [5.41, 5.74) is 4.43. The maximum Gasteiger partial charge on any atom is 0.275 e. The Labute approximate surface area is 184 Å². The Kier molecular flexibility index (Phi) is 6.15. The van der Waals surface area contributed by atoms with Crippen LogP contribution in [-0.2, 0) is 6.61 Å². The number of carbonyl (C=O) groups excluding carboxylic acids is 1. The first-order chi connectivity index (χ1) is 15.1. The average Bonchev–Trinajstić information content (AvgIpc) is 2.79. The van der Waals surface area contributed by atoms with Crippen LogP contribution in [0.5, 0.6) is 11.5 Å². The molecule has 0 radical (unpaired) electrons. The molecule has 31 heavy (non-hydrogen) atoms. The molecule has 5 nitrogen and oxygen atoms in total. The first-order valence-corrected chi connectivity index (χ1v) is 9.99. The van der Waals surface area contributed by atoms with E-state index in [0.717, 1.165) is 27.6 Å². The van der Waals surface area contributed by atoms with Crippen molar-refractivity contribution in [2.45, 2.75) is 6.61 Å². The number of ether oxygens (including phenoxy) is 1. The Morgan fingerprint density at radius 1 is 0.968 bits per heavy atom. The highest BCUT2D eigenvalue weighted by atomic mass is 35.5. The molecule has 0 unspecified atom stereocenters. The fraction of sp³-hybridized carbons (Fsp3) is 0.0400. The third-order valence-electron chi connectivity index (χ3n) is 4.69. The summed E-state index contributed by atoms with van der Waals surface area (Å²) < 4.78 is 5.75. The number of aromatic hydroxyl groups is 1. The molecule has 154 valence electrons. The molecule has 0 aliphatic rings. The van der Waals surface area contributed by atoms with Gasteiger partial charge in [-0.3, -0.25) is 4.79 Å². The van der Waals surface area contributed by atoms with Crippen molar-refractivity contribution in [2.24, 2.45) is 5.10 Å². The minimum atomic E-state index is -0.484. The van der Waals surface area contributed by atoms with Crippen molar-refractivity contribution in [1.82, 2.24) is 5.43 Å². The van der Waals surface area contributed by atoms with Crippen molar-refractivity contribution in [3.05, 3.63) is 107 Å². The summed E-state index contributed by atoms with van der Waals surface area (Å²) in [7, 11) is 0. The number of amides is 1.